The Bertz CT molecular complexity index is 520. The van der Waals surface area contributed by atoms with Gasteiger partial charge < -0.3 is 0 Å². The number of hydrogen-bond donors (Lipinski definition) is 0. The van der Waals surface area contributed by atoms with Crippen molar-refractivity contribution in [1.82, 2.24) is 0 Å². The largest absolute Gasteiger partial charge is 0.0625 e. The lowest BCUT2D eigenvalue weighted by Gasteiger charge is -2.25. The van der Waals surface area contributed by atoms with Crippen molar-refractivity contribution < 1.29 is 0 Å². The summed E-state index contributed by atoms with van der Waals surface area (Å²) in [4.78, 5) is 0. The summed E-state index contributed by atoms with van der Waals surface area (Å²) in [7, 11) is 0. The smallest absolute Gasteiger partial charge is 0.0130 e. The van der Waals surface area contributed by atoms with E-state index in [1.807, 2.05) is 0 Å². The molecule has 0 amide bonds. The van der Waals surface area contributed by atoms with E-state index in [1.54, 1.807) is 0 Å². The minimum atomic E-state index is 0.567. The maximum atomic E-state index is 2.38. The first-order chi connectivity index (χ1) is 8.70. The van der Waals surface area contributed by atoms with Crippen LogP contribution in [0.1, 0.15) is 37.8 Å². The second-order valence-corrected chi connectivity index (χ2v) is 5.76. The molecule has 0 aromatic heterocycles. The zero-order valence-corrected chi connectivity index (χ0v) is 11.4. The van der Waals surface area contributed by atoms with Gasteiger partial charge in [0.25, 0.3) is 0 Å². The van der Waals surface area contributed by atoms with E-state index >= 15 is 0 Å². The average Bonchev–Trinajstić information content (AvgIpc) is 2.72. The van der Waals surface area contributed by atoms with Crippen molar-refractivity contribution in [1.29, 1.82) is 0 Å². The van der Waals surface area contributed by atoms with E-state index in [2.05, 4.69) is 69.3 Å². The number of rotatable bonds is 2. The van der Waals surface area contributed by atoms with Crippen molar-refractivity contribution in [2.75, 3.05) is 0 Å². The molecule has 0 saturated carbocycles. The summed E-state index contributed by atoms with van der Waals surface area (Å²) in [5, 5.41) is 0. The third-order valence-electron chi connectivity index (χ3n) is 4.46. The first-order valence-corrected chi connectivity index (χ1v) is 6.88. The summed E-state index contributed by atoms with van der Waals surface area (Å²) in [6.07, 6.45) is 0. The molecule has 0 saturated heterocycles. The Kier molecular flexibility index (Phi) is 2.74. The maximum Gasteiger partial charge on any atom is 0.0130 e. The van der Waals surface area contributed by atoms with E-state index in [9.17, 15) is 0 Å². The van der Waals surface area contributed by atoms with Gasteiger partial charge in [0.1, 0.15) is 0 Å². The van der Waals surface area contributed by atoms with Gasteiger partial charge in [0, 0.05) is 5.92 Å². The van der Waals surface area contributed by atoms with Gasteiger partial charge in [0.2, 0.25) is 0 Å². The molecule has 0 unspecified atom stereocenters. The van der Waals surface area contributed by atoms with E-state index in [1.165, 1.54) is 22.3 Å². The van der Waals surface area contributed by atoms with E-state index in [0.717, 1.165) is 0 Å². The molecule has 18 heavy (non-hydrogen) atoms. The van der Waals surface area contributed by atoms with Gasteiger partial charge in [-0.25, -0.2) is 0 Å². The molecule has 0 heteroatoms. The van der Waals surface area contributed by atoms with Crippen LogP contribution in [0.2, 0.25) is 0 Å². The average molecular weight is 236 g/mol. The van der Waals surface area contributed by atoms with Gasteiger partial charge in [0.05, 0.1) is 0 Å². The van der Waals surface area contributed by atoms with Crippen LogP contribution in [0.25, 0.3) is 11.1 Å². The number of hydrogen-bond acceptors (Lipinski definition) is 0. The fourth-order valence-electron chi connectivity index (χ4n) is 3.15. The lowest BCUT2D eigenvalue weighted by atomic mass is 9.79. The molecular weight excluding hydrogens is 216 g/mol. The second kappa shape index (κ2) is 4.28. The van der Waals surface area contributed by atoms with Crippen molar-refractivity contribution in [2.24, 2.45) is 11.8 Å². The predicted molar refractivity (Wildman–Crippen MR) is 77.7 cm³/mol. The van der Waals surface area contributed by atoms with Crippen molar-refractivity contribution >= 4 is 0 Å². The van der Waals surface area contributed by atoms with Crippen LogP contribution in [0.3, 0.4) is 0 Å². The molecule has 2 aromatic rings. The highest BCUT2D eigenvalue weighted by molar-refractivity contribution is 5.78. The first-order valence-electron chi connectivity index (χ1n) is 6.88. The Hall–Kier alpha value is -1.56. The highest BCUT2D eigenvalue weighted by Gasteiger charge is 2.32. The summed E-state index contributed by atoms with van der Waals surface area (Å²) < 4.78 is 0. The van der Waals surface area contributed by atoms with Crippen LogP contribution in [-0.2, 0) is 0 Å². The van der Waals surface area contributed by atoms with Crippen LogP contribution in [-0.4, -0.2) is 0 Å². The minimum Gasteiger partial charge on any atom is -0.0625 e. The van der Waals surface area contributed by atoms with Crippen molar-refractivity contribution in [2.45, 2.75) is 26.7 Å². The summed E-state index contributed by atoms with van der Waals surface area (Å²) in [6, 6.07) is 17.8. The maximum absolute atomic E-state index is 2.38. The van der Waals surface area contributed by atoms with Gasteiger partial charge in [-0.2, -0.15) is 0 Å². The SMILES string of the molecule is CC(C)[C@@H](C)C1c2ccccc2-c2ccccc21. The third-order valence-corrected chi connectivity index (χ3v) is 4.46. The van der Waals surface area contributed by atoms with E-state index in [0.29, 0.717) is 17.8 Å². The number of fused-ring (bicyclic) bond motifs is 3. The Labute approximate surface area is 110 Å². The molecule has 92 valence electrons. The van der Waals surface area contributed by atoms with E-state index in [-0.39, 0.29) is 0 Å². The first kappa shape index (κ1) is 11.5. The summed E-state index contributed by atoms with van der Waals surface area (Å²) in [6.45, 7) is 7.04. The molecular formula is C18H20. The molecule has 0 radical (unpaired) electrons. The van der Waals surface area contributed by atoms with Gasteiger partial charge in [-0.15, -0.1) is 0 Å². The molecule has 0 fully saturated rings. The van der Waals surface area contributed by atoms with Crippen molar-refractivity contribution in [3.8, 4) is 11.1 Å². The summed E-state index contributed by atoms with van der Waals surface area (Å²) in [5.74, 6) is 1.95. The molecule has 3 rings (SSSR count). The van der Waals surface area contributed by atoms with Crippen LogP contribution in [0.4, 0.5) is 0 Å². The van der Waals surface area contributed by atoms with E-state index < -0.39 is 0 Å². The molecule has 0 heterocycles. The molecule has 1 aliphatic carbocycles. The minimum absolute atomic E-state index is 0.567. The van der Waals surface area contributed by atoms with Crippen molar-refractivity contribution in [3.05, 3.63) is 59.7 Å². The quantitative estimate of drug-likeness (QED) is 0.681. The van der Waals surface area contributed by atoms with Crippen LogP contribution in [0.5, 0.6) is 0 Å². The van der Waals surface area contributed by atoms with Crippen molar-refractivity contribution in [3.63, 3.8) is 0 Å². The fraction of sp³-hybridized carbons (Fsp3) is 0.333. The normalized spacial score (nSPS) is 15.6. The Morgan fingerprint density at radius 2 is 1.17 bits per heavy atom. The van der Waals surface area contributed by atoms with Gasteiger partial charge in [-0.05, 0) is 34.1 Å². The lowest BCUT2D eigenvalue weighted by molar-refractivity contribution is 0.381. The number of benzene rings is 2. The third kappa shape index (κ3) is 1.59. The van der Waals surface area contributed by atoms with Gasteiger partial charge in [-0.3, -0.25) is 0 Å². The van der Waals surface area contributed by atoms with E-state index in [4.69, 9.17) is 0 Å². The second-order valence-electron chi connectivity index (χ2n) is 5.76. The van der Waals surface area contributed by atoms with Crippen LogP contribution in [0, 0.1) is 11.8 Å². The summed E-state index contributed by atoms with van der Waals surface area (Å²) >= 11 is 0. The molecule has 2 aromatic carbocycles. The van der Waals surface area contributed by atoms with Gasteiger partial charge in [-0.1, -0.05) is 69.3 Å². The molecule has 1 atom stereocenters. The van der Waals surface area contributed by atoms with Crippen LogP contribution in [0.15, 0.2) is 48.5 Å². The highest BCUT2D eigenvalue weighted by atomic mass is 14.4. The van der Waals surface area contributed by atoms with Crippen LogP contribution < -0.4 is 0 Å². The molecule has 0 nitrogen and oxygen atoms in total. The molecule has 0 spiro atoms. The standard InChI is InChI=1S/C18H20/c1-12(2)13(3)18-16-10-6-4-8-14(16)15-9-5-7-11-17(15)18/h4-13,18H,1-3H3/t13-/m1/s1. The molecule has 0 N–H and O–H groups in total. The monoisotopic (exact) mass is 236 g/mol. The fourth-order valence-corrected chi connectivity index (χ4v) is 3.15. The Morgan fingerprint density at radius 3 is 1.61 bits per heavy atom. The Morgan fingerprint density at radius 1 is 0.722 bits per heavy atom. The zero-order valence-electron chi connectivity index (χ0n) is 11.4. The zero-order chi connectivity index (χ0) is 12.7. The van der Waals surface area contributed by atoms with Crippen LogP contribution >= 0.6 is 0 Å². The van der Waals surface area contributed by atoms with Gasteiger partial charge in [0.15, 0.2) is 0 Å². The predicted octanol–water partition coefficient (Wildman–Crippen LogP) is 5.09. The van der Waals surface area contributed by atoms with Gasteiger partial charge >= 0.3 is 0 Å². The topological polar surface area (TPSA) is 0 Å². The summed E-state index contributed by atoms with van der Waals surface area (Å²) in [5.41, 5.74) is 5.90. The molecule has 1 aliphatic rings. The Balaban J connectivity index is 2.21. The highest BCUT2D eigenvalue weighted by Crippen LogP contribution is 2.49. The molecule has 0 bridgehead atoms. The lowest BCUT2D eigenvalue weighted by Crippen LogP contribution is -2.14. The molecule has 0 aliphatic heterocycles.